The van der Waals surface area contributed by atoms with E-state index in [-0.39, 0.29) is 17.7 Å². The molecule has 3 aromatic carbocycles. The molecule has 9 nitrogen and oxygen atoms in total. The summed E-state index contributed by atoms with van der Waals surface area (Å²) < 4.78 is 57.2. The van der Waals surface area contributed by atoms with E-state index in [1.54, 1.807) is 46.6 Å². The number of amides is 3. The fourth-order valence-corrected chi connectivity index (χ4v) is 5.04. The Balaban J connectivity index is 1.55. The number of urea groups is 1. The lowest BCUT2D eigenvalue weighted by molar-refractivity contribution is -0.120. The number of aromatic nitrogens is 1. The molecule has 1 aromatic heterocycles. The zero-order valence-electron chi connectivity index (χ0n) is 19.3. The molecular weight excluding hydrogens is 524 g/mol. The molecule has 0 spiro atoms. The summed E-state index contributed by atoms with van der Waals surface area (Å²) in [6.07, 6.45) is -0.309. The van der Waals surface area contributed by atoms with Crippen LogP contribution in [0.3, 0.4) is 0 Å². The van der Waals surface area contributed by atoms with Gasteiger partial charge < -0.3 is 10.2 Å². The highest BCUT2D eigenvalue weighted by atomic mass is 32.2. The van der Waals surface area contributed by atoms with Crippen molar-refractivity contribution in [2.45, 2.75) is 12.5 Å². The van der Waals surface area contributed by atoms with Gasteiger partial charge in [0.15, 0.2) is 0 Å². The number of para-hydroxylation sites is 1. The van der Waals surface area contributed by atoms with Gasteiger partial charge in [-0.1, -0.05) is 18.2 Å². The van der Waals surface area contributed by atoms with Crippen LogP contribution in [0.15, 0.2) is 72.2 Å². The van der Waals surface area contributed by atoms with Crippen LogP contribution in [-0.4, -0.2) is 38.4 Å². The molecule has 0 saturated carbocycles. The number of hydrogen-bond acceptors (Lipinski definition) is 6. The molecule has 4 rings (SSSR count). The van der Waals surface area contributed by atoms with Crippen LogP contribution in [0.1, 0.15) is 5.56 Å². The fraction of sp³-hybridized carbons (Fsp3) is 0.125. The van der Waals surface area contributed by atoms with E-state index in [0.717, 1.165) is 16.8 Å². The number of carbonyl (C=O) groups is 2. The number of likely N-dealkylation sites (N-methyl/N-ethyl adjacent to an activating group) is 1. The minimum absolute atomic E-state index is 0.0878. The zero-order chi connectivity index (χ0) is 26.6. The van der Waals surface area contributed by atoms with Gasteiger partial charge in [-0.2, -0.15) is 8.42 Å². The van der Waals surface area contributed by atoms with Gasteiger partial charge in [0.05, 0.1) is 21.4 Å². The predicted octanol–water partition coefficient (Wildman–Crippen LogP) is 3.80. The zero-order valence-corrected chi connectivity index (χ0v) is 20.9. The normalized spacial score (nSPS) is 12.1. The number of rotatable bonds is 8. The number of thiazole rings is 1. The Labute approximate surface area is 215 Å². The number of anilines is 2. The summed E-state index contributed by atoms with van der Waals surface area (Å²) in [7, 11) is -2.89. The largest absolute Gasteiger partial charge is 0.330 e. The Bertz CT molecular complexity index is 1530. The standard InChI is InChI=1S/C24H21F2N5O4S2/c1-31(19-7-8-22-20(13-19)27-14-36-22)23(32)21(11-15-9-16(25)12-17(26)10-15)28-24(33)30-37(34,35)29-18-5-3-2-4-6-18/h2-10,12-14,21,29H,11H2,1H3,(H2,28,30,33). The molecule has 0 fully saturated rings. The van der Waals surface area contributed by atoms with Crippen LogP contribution in [0.5, 0.6) is 0 Å². The van der Waals surface area contributed by atoms with Gasteiger partial charge in [0.25, 0.3) is 0 Å². The van der Waals surface area contributed by atoms with Crippen molar-refractivity contribution in [3.8, 4) is 0 Å². The quantitative estimate of drug-likeness (QED) is 0.311. The lowest BCUT2D eigenvalue weighted by atomic mass is 10.0. The minimum Gasteiger partial charge on any atom is -0.325 e. The number of fused-ring (bicyclic) bond motifs is 1. The van der Waals surface area contributed by atoms with E-state index in [9.17, 15) is 26.8 Å². The van der Waals surface area contributed by atoms with Crippen molar-refractivity contribution in [3.63, 3.8) is 0 Å². The number of halogens is 2. The molecule has 1 atom stereocenters. The van der Waals surface area contributed by atoms with Crippen molar-refractivity contribution in [1.29, 1.82) is 0 Å². The second-order valence-electron chi connectivity index (χ2n) is 7.98. The van der Waals surface area contributed by atoms with Crippen LogP contribution in [-0.2, 0) is 21.4 Å². The molecule has 0 saturated heterocycles. The Morgan fingerprint density at radius 1 is 1.03 bits per heavy atom. The first-order valence-electron chi connectivity index (χ1n) is 10.8. The van der Waals surface area contributed by atoms with Crippen LogP contribution in [0, 0.1) is 11.6 Å². The Morgan fingerprint density at radius 3 is 2.43 bits per heavy atom. The van der Waals surface area contributed by atoms with Crippen molar-refractivity contribution in [1.82, 2.24) is 15.0 Å². The molecule has 3 N–H and O–H groups in total. The van der Waals surface area contributed by atoms with Crippen molar-refractivity contribution in [2.24, 2.45) is 0 Å². The van der Waals surface area contributed by atoms with Crippen molar-refractivity contribution < 1.29 is 26.8 Å². The average Bonchev–Trinajstić information content (AvgIpc) is 3.30. The Morgan fingerprint density at radius 2 is 1.73 bits per heavy atom. The molecule has 0 radical (unpaired) electrons. The third-order valence-corrected chi connectivity index (χ3v) is 7.02. The molecule has 0 bridgehead atoms. The first-order chi connectivity index (χ1) is 17.6. The lowest BCUT2D eigenvalue weighted by Gasteiger charge is -2.25. The summed E-state index contributed by atoms with van der Waals surface area (Å²) in [6.45, 7) is 0. The molecule has 192 valence electrons. The third kappa shape index (κ3) is 6.77. The molecule has 4 aromatic rings. The van der Waals surface area contributed by atoms with Crippen LogP contribution >= 0.6 is 11.3 Å². The molecule has 3 amide bonds. The van der Waals surface area contributed by atoms with Crippen LogP contribution in [0.25, 0.3) is 10.2 Å². The minimum atomic E-state index is -4.35. The molecule has 13 heteroatoms. The van der Waals surface area contributed by atoms with Crippen molar-refractivity contribution >= 4 is 55.1 Å². The molecule has 0 aliphatic carbocycles. The second kappa shape index (κ2) is 10.9. The highest BCUT2D eigenvalue weighted by molar-refractivity contribution is 7.91. The van der Waals surface area contributed by atoms with Crippen molar-refractivity contribution in [3.05, 3.63) is 89.4 Å². The van der Waals surface area contributed by atoms with Gasteiger partial charge in [0.1, 0.15) is 17.7 Å². The highest BCUT2D eigenvalue weighted by Crippen LogP contribution is 2.24. The van der Waals surface area contributed by atoms with Crippen molar-refractivity contribution in [2.75, 3.05) is 16.7 Å². The second-order valence-corrected chi connectivity index (χ2v) is 10.3. The maximum atomic E-state index is 13.8. The summed E-state index contributed by atoms with van der Waals surface area (Å²) >= 11 is 1.43. The molecule has 1 unspecified atom stereocenters. The van der Waals surface area contributed by atoms with E-state index in [2.05, 4.69) is 15.0 Å². The Kier molecular flexibility index (Phi) is 7.64. The van der Waals surface area contributed by atoms with Gasteiger partial charge in [-0.25, -0.2) is 23.3 Å². The first kappa shape index (κ1) is 26.0. The van der Waals surface area contributed by atoms with E-state index in [1.807, 2.05) is 0 Å². The number of carbonyl (C=O) groups excluding carboxylic acids is 2. The van der Waals surface area contributed by atoms with Gasteiger partial charge in [-0.05, 0) is 48.0 Å². The summed E-state index contributed by atoms with van der Waals surface area (Å²) in [6, 6.07) is 13.2. The van der Waals surface area contributed by atoms with E-state index >= 15 is 0 Å². The van der Waals surface area contributed by atoms with E-state index < -0.39 is 39.8 Å². The van der Waals surface area contributed by atoms with E-state index in [1.165, 1.54) is 35.4 Å². The van der Waals surface area contributed by atoms with Crippen LogP contribution < -0.4 is 19.7 Å². The maximum absolute atomic E-state index is 13.8. The highest BCUT2D eigenvalue weighted by Gasteiger charge is 2.27. The van der Waals surface area contributed by atoms with Crippen LogP contribution in [0.4, 0.5) is 25.0 Å². The molecule has 0 aliphatic rings. The monoisotopic (exact) mass is 545 g/mol. The topological polar surface area (TPSA) is 121 Å². The number of benzene rings is 3. The molecule has 0 aliphatic heterocycles. The third-order valence-electron chi connectivity index (χ3n) is 5.25. The summed E-state index contributed by atoms with van der Waals surface area (Å²) in [5.74, 6) is -2.37. The predicted molar refractivity (Wildman–Crippen MR) is 138 cm³/mol. The number of hydrogen-bond donors (Lipinski definition) is 3. The average molecular weight is 546 g/mol. The first-order valence-corrected chi connectivity index (χ1v) is 13.2. The molecular formula is C24H21F2N5O4S2. The smallest absolute Gasteiger partial charge is 0.325 e. The van der Waals surface area contributed by atoms with Gasteiger partial charge >= 0.3 is 16.2 Å². The van der Waals surface area contributed by atoms with Gasteiger partial charge in [-0.3, -0.25) is 9.52 Å². The maximum Gasteiger partial charge on any atom is 0.330 e. The summed E-state index contributed by atoms with van der Waals surface area (Å²) in [4.78, 5) is 31.5. The molecule has 37 heavy (non-hydrogen) atoms. The van der Waals surface area contributed by atoms with E-state index in [4.69, 9.17) is 0 Å². The lowest BCUT2D eigenvalue weighted by Crippen LogP contribution is -2.53. The van der Waals surface area contributed by atoms with E-state index in [0.29, 0.717) is 17.3 Å². The van der Waals surface area contributed by atoms with Crippen LogP contribution in [0.2, 0.25) is 0 Å². The molecule has 1 heterocycles. The fourth-order valence-electron chi connectivity index (χ4n) is 3.58. The van der Waals surface area contributed by atoms with Gasteiger partial charge in [-0.15, -0.1) is 11.3 Å². The summed E-state index contributed by atoms with van der Waals surface area (Å²) in [5.41, 5.74) is 3.08. The Hall–Kier alpha value is -4.10. The van der Waals surface area contributed by atoms with Gasteiger partial charge in [0, 0.05) is 25.2 Å². The number of nitrogens with one attached hydrogen (secondary N) is 3. The SMILES string of the molecule is CN(C(=O)C(Cc1cc(F)cc(F)c1)NC(=O)NS(=O)(=O)Nc1ccccc1)c1ccc2scnc2c1. The summed E-state index contributed by atoms with van der Waals surface area (Å²) in [5, 5.41) is 2.31. The number of nitrogens with zero attached hydrogens (tertiary/aromatic N) is 2. The van der Waals surface area contributed by atoms with Gasteiger partial charge in [0.2, 0.25) is 5.91 Å².